The Hall–Kier alpha value is -2.30. The first kappa shape index (κ1) is 16.6. The van der Waals surface area contributed by atoms with Crippen LogP contribution < -0.4 is 0 Å². The molecule has 0 saturated carbocycles. The van der Waals surface area contributed by atoms with E-state index in [0.717, 1.165) is 16.5 Å². The van der Waals surface area contributed by atoms with Gasteiger partial charge in [0.1, 0.15) is 5.58 Å². The topological polar surface area (TPSA) is 70.8 Å². The third kappa shape index (κ3) is 3.03. The predicted octanol–water partition coefficient (Wildman–Crippen LogP) is 3.34. The maximum atomic E-state index is 12.5. The fraction of sp³-hybridized carbons (Fsp3) is 0.474. The van der Waals surface area contributed by atoms with Crippen molar-refractivity contribution >= 4 is 22.8 Å². The molecule has 1 aliphatic heterocycles. The van der Waals surface area contributed by atoms with Crippen molar-refractivity contribution in [2.45, 2.75) is 39.5 Å². The SMILES string of the molecule is Cc1cc2occ(CC(=O)N3CCC(C(=O)O)C3)c2cc1C(C)C. The van der Waals surface area contributed by atoms with Gasteiger partial charge in [0, 0.05) is 24.0 Å². The summed E-state index contributed by atoms with van der Waals surface area (Å²) in [5.41, 5.74) is 4.11. The molecule has 0 bridgehead atoms. The molecular formula is C19H23NO4. The van der Waals surface area contributed by atoms with Crippen molar-refractivity contribution in [3.8, 4) is 0 Å². The van der Waals surface area contributed by atoms with Gasteiger partial charge in [0.2, 0.25) is 5.91 Å². The van der Waals surface area contributed by atoms with E-state index in [1.807, 2.05) is 6.07 Å². The second-order valence-electron chi connectivity index (χ2n) is 6.96. The van der Waals surface area contributed by atoms with E-state index in [9.17, 15) is 9.59 Å². The molecule has 1 aliphatic rings. The van der Waals surface area contributed by atoms with E-state index >= 15 is 0 Å². The smallest absolute Gasteiger partial charge is 0.308 e. The average molecular weight is 329 g/mol. The normalized spacial score (nSPS) is 17.8. The molecule has 1 saturated heterocycles. The van der Waals surface area contributed by atoms with E-state index in [1.165, 1.54) is 11.1 Å². The van der Waals surface area contributed by atoms with Gasteiger partial charge in [-0.1, -0.05) is 13.8 Å². The van der Waals surface area contributed by atoms with E-state index in [-0.39, 0.29) is 12.3 Å². The molecule has 1 unspecified atom stereocenters. The minimum absolute atomic E-state index is 0.0341. The molecule has 5 nitrogen and oxygen atoms in total. The molecule has 0 spiro atoms. The van der Waals surface area contributed by atoms with Gasteiger partial charge >= 0.3 is 5.97 Å². The summed E-state index contributed by atoms with van der Waals surface area (Å²) in [5.74, 6) is -0.891. The summed E-state index contributed by atoms with van der Waals surface area (Å²) in [6.07, 6.45) is 2.43. The lowest BCUT2D eigenvalue weighted by atomic mass is 9.95. The Balaban J connectivity index is 1.81. The third-order valence-electron chi connectivity index (χ3n) is 4.90. The molecule has 1 fully saturated rings. The predicted molar refractivity (Wildman–Crippen MR) is 91.1 cm³/mol. The van der Waals surface area contributed by atoms with Crippen LogP contribution in [0.1, 0.15) is 42.9 Å². The number of hydrogen-bond acceptors (Lipinski definition) is 3. The van der Waals surface area contributed by atoms with Gasteiger partial charge in [0.25, 0.3) is 0 Å². The highest BCUT2D eigenvalue weighted by atomic mass is 16.4. The van der Waals surface area contributed by atoms with Crippen molar-refractivity contribution in [3.05, 3.63) is 35.1 Å². The summed E-state index contributed by atoms with van der Waals surface area (Å²) >= 11 is 0. The summed E-state index contributed by atoms with van der Waals surface area (Å²) in [4.78, 5) is 25.2. The highest BCUT2D eigenvalue weighted by molar-refractivity contribution is 5.89. The molecule has 2 aromatic rings. The molecule has 24 heavy (non-hydrogen) atoms. The molecule has 1 N–H and O–H groups in total. The highest BCUT2D eigenvalue weighted by Crippen LogP contribution is 2.29. The number of carbonyl (C=O) groups is 2. The second kappa shape index (κ2) is 6.30. The van der Waals surface area contributed by atoms with Crippen molar-refractivity contribution in [1.82, 2.24) is 4.90 Å². The molecule has 2 heterocycles. The minimum Gasteiger partial charge on any atom is -0.481 e. The van der Waals surface area contributed by atoms with E-state index in [4.69, 9.17) is 9.52 Å². The highest BCUT2D eigenvalue weighted by Gasteiger charge is 2.31. The third-order valence-corrected chi connectivity index (χ3v) is 4.90. The number of rotatable bonds is 4. The van der Waals surface area contributed by atoms with Crippen LogP contribution in [0.4, 0.5) is 0 Å². The van der Waals surface area contributed by atoms with Crippen LogP contribution in [-0.4, -0.2) is 35.0 Å². The van der Waals surface area contributed by atoms with Crippen LogP contribution in [0.25, 0.3) is 11.0 Å². The lowest BCUT2D eigenvalue weighted by molar-refractivity contribution is -0.141. The largest absolute Gasteiger partial charge is 0.481 e. The van der Waals surface area contributed by atoms with Crippen LogP contribution >= 0.6 is 0 Å². The first-order chi connectivity index (χ1) is 11.4. The Morgan fingerprint density at radius 3 is 2.75 bits per heavy atom. The van der Waals surface area contributed by atoms with Crippen molar-refractivity contribution in [1.29, 1.82) is 0 Å². The number of likely N-dealkylation sites (tertiary alicyclic amines) is 1. The summed E-state index contributed by atoms with van der Waals surface area (Å²) in [6, 6.07) is 4.14. The Morgan fingerprint density at radius 2 is 2.12 bits per heavy atom. The van der Waals surface area contributed by atoms with Gasteiger partial charge in [-0.05, 0) is 42.5 Å². The minimum atomic E-state index is -0.823. The number of aryl methyl sites for hydroxylation is 1. The zero-order chi connectivity index (χ0) is 17.4. The van der Waals surface area contributed by atoms with Crippen molar-refractivity contribution in [2.24, 2.45) is 5.92 Å². The summed E-state index contributed by atoms with van der Waals surface area (Å²) < 4.78 is 5.62. The van der Waals surface area contributed by atoms with Crippen LogP contribution in [-0.2, 0) is 16.0 Å². The van der Waals surface area contributed by atoms with Crippen LogP contribution in [0, 0.1) is 12.8 Å². The number of carbonyl (C=O) groups excluding carboxylic acids is 1. The molecular weight excluding hydrogens is 306 g/mol. The van der Waals surface area contributed by atoms with Gasteiger partial charge in [-0.3, -0.25) is 9.59 Å². The number of benzene rings is 1. The number of hydrogen-bond donors (Lipinski definition) is 1. The first-order valence-electron chi connectivity index (χ1n) is 8.38. The van der Waals surface area contributed by atoms with Crippen LogP contribution in [0.15, 0.2) is 22.8 Å². The van der Waals surface area contributed by atoms with Crippen molar-refractivity contribution < 1.29 is 19.1 Å². The molecule has 1 aromatic carbocycles. The lowest BCUT2D eigenvalue weighted by Crippen LogP contribution is -2.31. The number of fused-ring (bicyclic) bond motifs is 1. The number of amides is 1. The Kier molecular flexibility index (Phi) is 4.35. The molecule has 0 radical (unpaired) electrons. The quantitative estimate of drug-likeness (QED) is 0.934. The molecule has 1 aromatic heterocycles. The monoisotopic (exact) mass is 329 g/mol. The summed E-state index contributed by atoms with van der Waals surface area (Å²) in [7, 11) is 0. The van der Waals surface area contributed by atoms with E-state index in [1.54, 1.807) is 11.2 Å². The maximum absolute atomic E-state index is 12.5. The van der Waals surface area contributed by atoms with Crippen LogP contribution in [0.2, 0.25) is 0 Å². The van der Waals surface area contributed by atoms with E-state index in [2.05, 4.69) is 26.8 Å². The number of carboxylic acid groups (broad SMARTS) is 1. The second-order valence-corrected chi connectivity index (χ2v) is 6.96. The summed E-state index contributed by atoms with van der Waals surface area (Å²) in [6.45, 7) is 7.19. The van der Waals surface area contributed by atoms with Crippen LogP contribution in [0.3, 0.4) is 0 Å². The summed E-state index contributed by atoms with van der Waals surface area (Å²) in [5, 5.41) is 10.0. The van der Waals surface area contributed by atoms with E-state index in [0.29, 0.717) is 25.4 Å². The Labute approximate surface area is 141 Å². The van der Waals surface area contributed by atoms with Crippen LogP contribution in [0.5, 0.6) is 0 Å². The number of aliphatic carboxylic acids is 1. The molecule has 3 rings (SSSR count). The van der Waals surface area contributed by atoms with Crippen molar-refractivity contribution in [3.63, 3.8) is 0 Å². The average Bonchev–Trinajstić information content (AvgIpc) is 3.13. The van der Waals surface area contributed by atoms with Gasteiger partial charge < -0.3 is 14.4 Å². The molecule has 1 amide bonds. The fourth-order valence-corrected chi connectivity index (χ4v) is 3.47. The van der Waals surface area contributed by atoms with Gasteiger partial charge in [0.15, 0.2) is 0 Å². The Morgan fingerprint density at radius 1 is 1.38 bits per heavy atom. The van der Waals surface area contributed by atoms with E-state index < -0.39 is 11.9 Å². The van der Waals surface area contributed by atoms with Crippen molar-refractivity contribution in [2.75, 3.05) is 13.1 Å². The zero-order valence-electron chi connectivity index (χ0n) is 14.3. The molecule has 5 heteroatoms. The number of nitrogens with zero attached hydrogens (tertiary/aromatic N) is 1. The van der Waals surface area contributed by atoms with Gasteiger partial charge in [0.05, 0.1) is 18.6 Å². The number of furan rings is 1. The zero-order valence-corrected chi connectivity index (χ0v) is 14.3. The lowest BCUT2D eigenvalue weighted by Gasteiger charge is -2.15. The fourth-order valence-electron chi connectivity index (χ4n) is 3.47. The first-order valence-corrected chi connectivity index (χ1v) is 8.38. The Bertz CT molecular complexity index is 790. The molecule has 1 atom stereocenters. The number of carboxylic acids is 1. The van der Waals surface area contributed by atoms with Gasteiger partial charge in [-0.25, -0.2) is 0 Å². The molecule has 128 valence electrons. The molecule has 0 aliphatic carbocycles. The standard InChI is InChI=1S/C19H23NO4/c1-11(2)15-8-16-14(10-24-17(16)6-12(15)3)7-18(21)20-5-4-13(9-20)19(22)23/h6,8,10-11,13H,4-5,7,9H2,1-3H3,(H,22,23). The van der Waals surface area contributed by atoms with Gasteiger partial charge in [-0.2, -0.15) is 0 Å². The van der Waals surface area contributed by atoms with Gasteiger partial charge in [-0.15, -0.1) is 0 Å². The maximum Gasteiger partial charge on any atom is 0.308 e.